The van der Waals surface area contributed by atoms with E-state index in [0.717, 1.165) is 11.1 Å². The van der Waals surface area contributed by atoms with Gasteiger partial charge in [0.05, 0.1) is 6.54 Å². The first-order valence-electron chi connectivity index (χ1n) is 7.41. The van der Waals surface area contributed by atoms with Crippen LogP contribution in [0.4, 0.5) is 13.2 Å². The summed E-state index contributed by atoms with van der Waals surface area (Å²) in [5.41, 5.74) is 1.91. The lowest BCUT2D eigenvalue weighted by Gasteiger charge is -2.16. The predicted octanol–water partition coefficient (Wildman–Crippen LogP) is 4.63. The van der Waals surface area contributed by atoms with Gasteiger partial charge in [0.25, 0.3) is 0 Å². The third-order valence-electron chi connectivity index (χ3n) is 3.72. The van der Waals surface area contributed by atoms with E-state index in [1.54, 1.807) is 12.1 Å². The summed E-state index contributed by atoms with van der Waals surface area (Å²) in [6.45, 7) is 5.05. The Balaban J connectivity index is 1.63. The van der Waals surface area contributed by atoms with Crippen molar-refractivity contribution >= 4 is 0 Å². The maximum atomic E-state index is 12.2. The quantitative estimate of drug-likeness (QED) is 0.813. The van der Waals surface area contributed by atoms with Gasteiger partial charge in [0.1, 0.15) is 11.9 Å². The van der Waals surface area contributed by atoms with Gasteiger partial charge in [-0.25, -0.2) is 0 Å². The van der Waals surface area contributed by atoms with Crippen molar-refractivity contribution in [3.63, 3.8) is 0 Å². The molecule has 0 radical (unpaired) electrons. The summed E-state index contributed by atoms with van der Waals surface area (Å²) in [5, 5.41) is 0. The largest absolute Gasteiger partial charge is 0.573 e. The molecule has 0 aromatic heterocycles. The molecule has 1 aliphatic rings. The second-order valence-corrected chi connectivity index (χ2v) is 5.48. The van der Waals surface area contributed by atoms with Crippen molar-refractivity contribution in [1.29, 1.82) is 0 Å². The molecular weight excluding hydrogens is 319 g/mol. The van der Waals surface area contributed by atoms with Crippen LogP contribution in [0.25, 0.3) is 0 Å². The van der Waals surface area contributed by atoms with Crippen LogP contribution in [0.2, 0.25) is 0 Å². The van der Waals surface area contributed by atoms with E-state index in [-0.39, 0.29) is 11.9 Å². The summed E-state index contributed by atoms with van der Waals surface area (Å²) in [4.78, 5) is 1.96. The average molecular weight is 335 g/mol. The molecule has 0 N–H and O–H groups in total. The Labute approximate surface area is 137 Å². The highest BCUT2D eigenvalue weighted by atomic mass is 19.4. The van der Waals surface area contributed by atoms with Crippen molar-refractivity contribution < 1.29 is 22.6 Å². The van der Waals surface area contributed by atoms with Crippen LogP contribution in [0.3, 0.4) is 0 Å². The van der Waals surface area contributed by atoms with E-state index < -0.39 is 6.36 Å². The third-order valence-corrected chi connectivity index (χ3v) is 3.72. The van der Waals surface area contributed by atoms with Crippen LogP contribution >= 0.6 is 0 Å². The number of alkyl halides is 3. The highest BCUT2D eigenvalue weighted by Gasteiger charge is 2.31. The Bertz CT molecular complexity index is 698. The maximum Gasteiger partial charge on any atom is 0.573 e. The minimum atomic E-state index is -4.68. The maximum absolute atomic E-state index is 12.2. The molecule has 126 valence electrons. The summed E-state index contributed by atoms with van der Waals surface area (Å²) in [6.07, 6.45) is -4.77. The molecule has 0 aliphatic carbocycles. The summed E-state index contributed by atoms with van der Waals surface area (Å²) in [5.74, 6) is 0.324. The third kappa shape index (κ3) is 4.01. The number of ether oxygens (including phenoxy) is 2. The van der Waals surface area contributed by atoms with Gasteiger partial charge in [-0.05, 0) is 29.8 Å². The lowest BCUT2D eigenvalue weighted by molar-refractivity contribution is -0.274. The Morgan fingerprint density at radius 2 is 1.75 bits per heavy atom. The van der Waals surface area contributed by atoms with Gasteiger partial charge < -0.3 is 14.4 Å². The van der Waals surface area contributed by atoms with Gasteiger partial charge in [0.15, 0.2) is 5.88 Å². The molecule has 24 heavy (non-hydrogen) atoms. The van der Waals surface area contributed by atoms with E-state index >= 15 is 0 Å². The monoisotopic (exact) mass is 335 g/mol. The molecule has 0 bridgehead atoms. The fourth-order valence-corrected chi connectivity index (χ4v) is 2.59. The standard InChI is InChI=1S/C18H16F3NO2/c1-13-22(12-17(23-13)15-5-3-2-4-6-15)11-14-7-9-16(10-8-14)24-18(19,20)21/h2-10,17H,1,11-12H2/t17-/m0/s1. The second kappa shape index (κ2) is 6.47. The number of rotatable bonds is 4. The van der Waals surface area contributed by atoms with Gasteiger partial charge >= 0.3 is 6.36 Å². The van der Waals surface area contributed by atoms with Crippen molar-refractivity contribution in [1.82, 2.24) is 4.90 Å². The highest BCUT2D eigenvalue weighted by Crippen LogP contribution is 2.31. The minimum Gasteiger partial charge on any atom is -0.470 e. The average Bonchev–Trinajstić information content (AvgIpc) is 2.90. The topological polar surface area (TPSA) is 21.7 Å². The van der Waals surface area contributed by atoms with Crippen LogP contribution in [0.15, 0.2) is 67.1 Å². The minimum absolute atomic E-state index is 0.0912. The number of halogens is 3. The molecule has 1 aliphatic heterocycles. The molecule has 1 fully saturated rings. The molecule has 2 aromatic rings. The molecule has 3 rings (SSSR count). The van der Waals surface area contributed by atoms with Gasteiger partial charge in [0.2, 0.25) is 0 Å². The van der Waals surface area contributed by atoms with Gasteiger partial charge in [-0.15, -0.1) is 13.2 Å². The van der Waals surface area contributed by atoms with Crippen molar-refractivity contribution in [3.05, 3.63) is 78.2 Å². The van der Waals surface area contributed by atoms with E-state index in [9.17, 15) is 13.2 Å². The summed E-state index contributed by atoms with van der Waals surface area (Å²) < 4.78 is 46.1. The van der Waals surface area contributed by atoms with Crippen LogP contribution in [-0.2, 0) is 11.3 Å². The Morgan fingerprint density at radius 3 is 2.38 bits per heavy atom. The number of hydrogen-bond donors (Lipinski definition) is 0. The zero-order valence-corrected chi connectivity index (χ0v) is 12.8. The number of benzene rings is 2. The van der Waals surface area contributed by atoms with Crippen LogP contribution in [-0.4, -0.2) is 17.8 Å². The molecule has 0 unspecified atom stereocenters. The second-order valence-electron chi connectivity index (χ2n) is 5.48. The predicted molar refractivity (Wildman–Crippen MR) is 82.9 cm³/mol. The van der Waals surface area contributed by atoms with E-state index in [1.165, 1.54) is 12.1 Å². The summed E-state index contributed by atoms with van der Waals surface area (Å²) in [6, 6.07) is 15.6. The normalized spacial score (nSPS) is 17.7. The van der Waals surface area contributed by atoms with Crippen molar-refractivity contribution in [2.45, 2.75) is 19.0 Å². The van der Waals surface area contributed by atoms with Crippen molar-refractivity contribution in [2.24, 2.45) is 0 Å². The Kier molecular flexibility index (Phi) is 4.38. The zero-order chi connectivity index (χ0) is 17.2. The van der Waals surface area contributed by atoms with Crippen molar-refractivity contribution in [3.8, 4) is 5.75 Å². The van der Waals surface area contributed by atoms with Gasteiger partial charge in [-0.1, -0.05) is 42.5 Å². The van der Waals surface area contributed by atoms with E-state index in [1.807, 2.05) is 35.2 Å². The fourth-order valence-electron chi connectivity index (χ4n) is 2.59. The Morgan fingerprint density at radius 1 is 1.08 bits per heavy atom. The molecule has 3 nitrogen and oxygen atoms in total. The molecule has 0 amide bonds. The molecule has 1 heterocycles. The van der Waals surface area contributed by atoms with Crippen LogP contribution < -0.4 is 4.74 Å². The van der Waals surface area contributed by atoms with Gasteiger partial charge in [0, 0.05) is 6.54 Å². The first-order chi connectivity index (χ1) is 11.4. The molecule has 1 saturated heterocycles. The summed E-state index contributed by atoms with van der Waals surface area (Å²) >= 11 is 0. The van der Waals surface area contributed by atoms with Crippen molar-refractivity contribution in [2.75, 3.05) is 6.54 Å². The summed E-state index contributed by atoms with van der Waals surface area (Å²) in [7, 11) is 0. The molecule has 1 atom stereocenters. The lowest BCUT2D eigenvalue weighted by Crippen LogP contribution is -2.19. The van der Waals surface area contributed by atoms with E-state index in [0.29, 0.717) is 19.0 Å². The molecule has 0 spiro atoms. The molecular formula is C18H16F3NO2. The van der Waals surface area contributed by atoms with Crippen LogP contribution in [0, 0.1) is 0 Å². The lowest BCUT2D eigenvalue weighted by atomic mass is 10.1. The number of hydrogen-bond acceptors (Lipinski definition) is 3. The Hall–Kier alpha value is -2.63. The van der Waals surface area contributed by atoms with Gasteiger partial charge in [-0.3, -0.25) is 0 Å². The van der Waals surface area contributed by atoms with Crippen LogP contribution in [0.5, 0.6) is 5.75 Å². The smallest absolute Gasteiger partial charge is 0.470 e. The van der Waals surface area contributed by atoms with Gasteiger partial charge in [-0.2, -0.15) is 0 Å². The first-order valence-corrected chi connectivity index (χ1v) is 7.41. The van der Waals surface area contributed by atoms with Crippen LogP contribution in [0.1, 0.15) is 17.2 Å². The number of nitrogens with zero attached hydrogens (tertiary/aromatic N) is 1. The molecule has 6 heteroatoms. The fraction of sp³-hybridized carbons (Fsp3) is 0.222. The highest BCUT2D eigenvalue weighted by molar-refractivity contribution is 5.28. The molecule has 0 saturated carbocycles. The first kappa shape index (κ1) is 16.2. The SMILES string of the molecule is C=C1O[C@H](c2ccccc2)CN1Cc1ccc(OC(F)(F)F)cc1. The zero-order valence-electron chi connectivity index (χ0n) is 12.8. The van der Waals surface area contributed by atoms with E-state index in [4.69, 9.17) is 4.74 Å². The van der Waals surface area contributed by atoms with E-state index in [2.05, 4.69) is 11.3 Å². The molecule has 2 aromatic carbocycles.